The lowest BCUT2D eigenvalue weighted by atomic mass is 10.2. The molecule has 3 rings (SSSR count). The molecule has 3 aromatic rings. The Kier molecular flexibility index (Phi) is 2.70. The number of thiophene rings is 2. The quantitative estimate of drug-likeness (QED) is 0.788. The normalized spacial score (nSPS) is 13.3. The molecular weight excluding hydrogens is 254 g/mol. The van der Waals surface area contributed by atoms with Gasteiger partial charge in [-0.15, -0.1) is 22.7 Å². The lowest BCUT2D eigenvalue weighted by molar-refractivity contribution is 0.416. The number of aromatic nitrogens is 2. The minimum Gasteiger partial charge on any atom is -0.333 e. The van der Waals surface area contributed by atoms with Gasteiger partial charge in [-0.1, -0.05) is 12.1 Å². The van der Waals surface area contributed by atoms with Gasteiger partial charge in [0.25, 0.3) is 5.89 Å². The average molecular weight is 265 g/mol. The van der Waals surface area contributed by atoms with Crippen molar-refractivity contribution in [2.45, 2.75) is 19.4 Å². The van der Waals surface area contributed by atoms with Gasteiger partial charge in [0.05, 0.1) is 10.9 Å². The number of rotatable bonds is 3. The van der Waals surface area contributed by atoms with Crippen LogP contribution in [0.3, 0.4) is 0 Å². The van der Waals surface area contributed by atoms with Crippen molar-refractivity contribution in [1.82, 2.24) is 10.1 Å². The molecule has 0 aliphatic heterocycles. The summed E-state index contributed by atoms with van der Waals surface area (Å²) in [4.78, 5) is 5.35. The molecule has 6 heteroatoms. The largest absolute Gasteiger partial charge is 0.333 e. The Hall–Kier alpha value is -1.24. The van der Waals surface area contributed by atoms with Gasteiger partial charge in [-0.05, 0) is 23.9 Å². The molecule has 1 atom stereocenters. The van der Waals surface area contributed by atoms with Gasteiger partial charge in [0.1, 0.15) is 0 Å². The van der Waals surface area contributed by atoms with Crippen molar-refractivity contribution < 1.29 is 4.52 Å². The van der Waals surface area contributed by atoms with Crippen LogP contribution in [0, 0.1) is 0 Å². The van der Waals surface area contributed by atoms with Crippen LogP contribution >= 0.6 is 22.7 Å². The summed E-state index contributed by atoms with van der Waals surface area (Å²) in [6, 6.07) is 4.04. The van der Waals surface area contributed by atoms with Gasteiger partial charge >= 0.3 is 0 Å². The fourth-order valence-electron chi connectivity index (χ4n) is 1.54. The van der Waals surface area contributed by atoms with E-state index < -0.39 is 0 Å². The third-order valence-corrected chi connectivity index (χ3v) is 4.64. The van der Waals surface area contributed by atoms with Crippen LogP contribution in [0.1, 0.15) is 25.2 Å². The maximum absolute atomic E-state index is 5.86. The zero-order chi connectivity index (χ0) is 11.8. The van der Waals surface area contributed by atoms with Gasteiger partial charge in [-0.25, -0.2) is 0 Å². The molecule has 0 spiro atoms. The fourth-order valence-corrected chi connectivity index (χ4v) is 3.57. The summed E-state index contributed by atoms with van der Waals surface area (Å²) in [7, 11) is 0. The average Bonchev–Trinajstić information content (AvgIpc) is 3.00. The first-order valence-electron chi connectivity index (χ1n) is 5.34. The van der Waals surface area contributed by atoms with Crippen molar-refractivity contribution in [2.75, 3.05) is 0 Å². The van der Waals surface area contributed by atoms with E-state index in [0.29, 0.717) is 11.7 Å². The summed E-state index contributed by atoms with van der Waals surface area (Å²) in [6.07, 6.45) is 0.804. The number of fused-ring (bicyclic) bond motifs is 1. The van der Waals surface area contributed by atoms with Crippen LogP contribution in [0.2, 0.25) is 0 Å². The molecule has 0 aliphatic rings. The lowest BCUT2D eigenvalue weighted by Gasteiger charge is -1.98. The van der Waals surface area contributed by atoms with E-state index in [1.807, 2.05) is 6.92 Å². The smallest absolute Gasteiger partial charge is 0.268 e. The molecule has 17 heavy (non-hydrogen) atoms. The maximum atomic E-state index is 5.86. The molecule has 0 bridgehead atoms. The molecule has 0 saturated carbocycles. The standard InChI is InChI=1S/C11H11N3OS2/c1-2-6(12)10-13-11(15-14-10)9-5-8-7(17-9)3-4-16-8/h3-6H,2,12H2,1H3. The van der Waals surface area contributed by atoms with Crippen molar-refractivity contribution in [3.05, 3.63) is 23.3 Å². The Bertz CT molecular complexity index is 611. The summed E-state index contributed by atoms with van der Waals surface area (Å²) in [6.45, 7) is 2.00. The first-order valence-corrected chi connectivity index (χ1v) is 7.04. The Morgan fingerprint density at radius 3 is 3.12 bits per heavy atom. The number of hydrogen-bond donors (Lipinski definition) is 1. The summed E-state index contributed by atoms with van der Waals surface area (Å²) in [5.41, 5.74) is 5.86. The van der Waals surface area contributed by atoms with Crippen molar-refractivity contribution in [3.63, 3.8) is 0 Å². The molecule has 3 heterocycles. The molecule has 0 saturated heterocycles. The van der Waals surface area contributed by atoms with Crippen molar-refractivity contribution >= 4 is 32.1 Å². The molecule has 88 valence electrons. The van der Waals surface area contributed by atoms with Crippen LogP contribution < -0.4 is 5.73 Å². The topological polar surface area (TPSA) is 64.9 Å². The highest BCUT2D eigenvalue weighted by atomic mass is 32.1. The van der Waals surface area contributed by atoms with Gasteiger partial charge in [-0.3, -0.25) is 0 Å². The Labute approximate surface area is 106 Å². The van der Waals surface area contributed by atoms with E-state index in [0.717, 1.165) is 11.3 Å². The second-order valence-corrected chi connectivity index (χ2v) is 5.76. The first kappa shape index (κ1) is 10.9. The van der Waals surface area contributed by atoms with Crippen molar-refractivity contribution in [2.24, 2.45) is 5.73 Å². The molecular formula is C11H11N3OS2. The van der Waals surface area contributed by atoms with Crippen LogP contribution in [-0.4, -0.2) is 10.1 Å². The molecule has 0 aliphatic carbocycles. The Morgan fingerprint density at radius 2 is 2.35 bits per heavy atom. The third-order valence-electron chi connectivity index (χ3n) is 2.56. The molecule has 0 aromatic carbocycles. The molecule has 4 nitrogen and oxygen atoms in total. The second-order valence-electron chi connectivity index (χ2n) is 3.73. The zero-order valence-corrected chi connectivity index (χ0v) is 10.8. The van der Waals surface area contributed by atoms with Crippen LogP contribution in [-0.2, 0) is 0 Å². The highest BCUT2D eigenvalue weighted by molar-refractivity contribution is 7.28. The van der Waals surface area contributed by atoms with Gasteiger partial charge in [0.2, 0.25) is 0 Å². The Morgan fingerprint density at radius 1 is 1.47 bits per heavy atom. The van der Waals surface area contributed by atoms with Crippen molar-refractivity contribution in [1.29, 1.82) is 0 Å². The van der Waals surface area contributed by atoms with E-state index in [-0.39, 0.29) is 6.04 Å². The monoisotopic (exact) mass is 265 g/mol. The SMILES string of the molecule is CCC(N)c1noc(-c2cc3sccc3s2)n1. The van der Waals surface area contributed by atoms with Crippen molar-refractivity contribution in [3.8, 4) is 10.8 Å². The predicted octanol–water partition coefficient (Wildman–Crippen LogP) is 3.42. The van der Waals surface area contributed by atoms with E-state index >= 15 is 0 Å². The highest BCUT2D eigenvalue weighted by Crippen LogP contribution is 2.35. The third kappa shape index (κ3) is 1.88. The minimum atomic E-state index is -0.145. The molecule has 0 fully saturated rings. The predicted molar refractivity (Wildman–Crippen MR) is 70.2 cm³/mol. The lowest BCUT2D eigenvalue weighted by Crippen LogP contribution is -2.10. The number of nitrogens with zero attached hydrogens (tertiary/aromatic N) is 2. The molecule has 3 aromatic heterocycles. The van der Waals surface area contributed by atoms with Gasteiger partial charge in [0, 0.05) is 9.40 Å². The highest BCUT2D eigenvalue weighted by Gasteiger charge is 2.15. The van der Waals surface area contributed by atoms with E-state index in [1.165, 1.54) is 9.40 Å². The number of hydrogen-bond acceptors (Lipinski definition) is 6. The van der Waals surface area contributed by atoms with Gasteiger partial charge in [-0.2, -0.15) is 4.98 Å². The summed E-state index contributed by atoms with van der Waals surface area (Å²) in [5, 5.41) is 6.00. The molecule has 0 amide bonds. The molecule has 2 N–H and O–H groups in total. The second kappa shape index (κ2) is 4.21. The van der Waals surface area contributed by atoms with Crippen LogP contribution in [0.4, 0.5) is 0 Å². The molecule has 0 radical (unpaired) electrons. The molecule has 1 unspecified atom stereocenters. The van der Waals surface area contributed by atoms with Gasteiger partial charge in [0.15, 0.2) is 5.82 Å². The van der Waals surface area contributed by atoms with Crippen LogP contribution in [0.15, 0.2) is 22.0 Å². The van der Waals surface area contributed by atoms with E-state index in [4.69, 9.17) is 10.3 Å². The van der Waals surface area contributed by atoms with Crippen LogP contribution in [0.5, 0.6) is 0 Å². The first-order chi connectivity index (χ1) is 8.28. The van der Waals surface area contributed by atoms with Gasteiger partial charge < -0.3 is 10.3 Å². The van der Waals surface area contributed by atoms with E-state index in [1.54, 1.807) is 22.7 Å². The fraction of sp³-hybridized carbons (Fsp3) is 0.273. The number of nitrogens with two attached hydrogens (primary N) is 1. The Balaban J connectivity index is 1.98. The maximum Gasteiger partial charge on any atom is 0.268 e. The van der Waals surface area contributed by atoms with Crippen LogP contribution in [0.25, 0.3) is 20.2 Å². The van der Waals surface area contributed by atoms with E-state index in [9.17, 15) is 0 Å². The summed E-state index contributed by atoms with van der Waals surface area (Å²) in [5.74, 6) is 1.15. The van der Waals surface area contributed by atoms with E-state index in [2.05, 4.69) is 27.7 Å². The summed E-state index contributed by atoms with van der Waals surface area (Å²) < 4.78 is 7.75. The summed E-state index contributed by atoms with van der Waals surface area (Å²) >= 11 is 3.38. The zero-order valence-electron chi connectivity index (χ0n) is 9.21. The minimum absolute atomic E-state index is 0.145.